The van der Waals surface area contributed by atoms with Gasteiger partial charge in [0.1, 0.15) is 6.07 Å². The highest BCUT2D eigenvalue weighted by Crippen LogP contribution is 2.20. The first-order chi connectivity index (χ1) is 10.1. The Morgan fingerprint density at radius 1 is 1.29 bits per heavy atom. The van der Waals surface area contributed by atoms with Crippen LogP contribution in [0, 0.1) is 11.3 Å². The molecule has 106 valence electrons. The number of benzene rings is 2. The van der Waals surface area contributed by atoms with Crippen LogP contribution in [0.25, 0.3) is 0 Å². The van der Waals surface area contributed by atoms with E-state index in [2.05, 4.69) is 27.3 Å². The SMILES string of the molecule is N#Cc1cc(Br)ccc1NCCc1cccc(C(=O)O)c1. The molecule has 0 spiro atoms. The number of hydrogen-bond acceptors (Lipinski definition) is 3. The van der Waals surface area contributed by atoms with Gasteiger partial charge in [0.2, 0.25) is 0 Å². The number of rotatable bonds is 5. The highest BCUT2D eigenvalue weighted by Gasteiger charge is 2.04. The molecular weight excluding hydrogens is 332 g/mol. The van der Waals surface area contributed by atoms with E-state index in [4.69, 9.17) is 10.4 Å². The zero-order valence-corrected chi connectivity index (χ0v) is 12.7. The average Bonchev–Trinajstić information content (AvgIpc) is 2.49. The van der Waals surface area contributed by atoms with E-state index in [1.54, 1.807) is 24.3 Å². The smallest absolute Gasteiger partial charge is 0.335 e. The number of carboxylic acid groups (broad SMARTS) is 1. The number of halogens is 1. The lowest BCUT2D eigenvalue weighted by Crippen LogP contribution is -2.07. The fraction of sp³-hybridized carbons (Fsp3) is 0.125. The Morgan fingerprint density at radius 3 is 2.81 bits per heavy atom. The molecule has 0 aliphatic heterocycles. The molecule has 5 heteroatoms. The number of anilines is 1. The molecule has 0 fully saturated rings. The van der Waals surface area contributed by atoms with Crippen molar-refractivity contribution in [2.24, 2.45) is 0 Å². The predicted octanol–water partition coefficient (Wildman–Crippen LogP) is 3.67. The Kier molecular flexibility index (Phi) is 4.96. The van der Waals surface area contributed by atoms with Crippen LogP contribution < -0.4 is 5.32 Å². The minimum Gasteiger partial charge on any atom is -0.478 e. The Hall–Kier alpha value is -2.32. The topological polar surface area (TPSA) is 73.1 Å². The van der Waals surface area contributed by atoms with E-state index in [-0.39, 0.29) is 5.56 Å². The van der Waals surface area contributed by atoms with E-state index in [1.807, 2.05) is 18.2 Å². The second kappa shape index (κ2) is 6.91. The van der Waals surface area contributed by atoms with Crippen molar-refractivity contribution in [2.75, 3.05) is 11.9 Å². The van der Waals surface area contributed by atoms with Crippen LogP contribution in [0.5, 0.6) is 0 Å². The molecule has 0 radical (unpaired) electrons. The van der Waals surface area contributed by atoms with Gasteiger partial charge in [-0.05, 0) is 42.3 Å². The van der Waals surface area contributed by atoms with Crippen LogP contribution in [0.1, 0.15) is 21.5 Å². The third-order valence-corrected chi connectivity index (χ3v) is 3.50. The fourth-order valence-corrected chi connectivity index (χ4v) is 2.33. The summed E-state index contributed by atoms with van der Waals surface area (Å²) in [4.78, 5) is 10.9. The van der Waals surface area contributed by atoms with Crippen molar-refractivity contribution in [2.45, 2.75) is 6.42 Å². The summed E-state index contributed by atoms with van der Waals surface area (Å²) < 4.78 is 0.860. The number of nitriles is 1. The molecule has 0 saturated heterocycles. The van der Waals surface area contributed by atoms with Gasteiger partial charge in [0.05, 0.1) is 16.8 Å². The molecule has 2 aromatic rings. The molecular formula is C16H13BrN2O2. The van der Waals surface area contributed by atoms with Gasteiger partial charge in [0, 0.05) is 11.0 Å². The lowest BCUT2D eigenvalue weighted by atomic mass is 10.1. The van der Waals surface area contributed by atoms with Crippen LogP contribution in [0.3, 0.4) is 0 Å². The lowest BCUT2D eigenvalue weighted by molar-refractivity contribution is 0.0697. The maximum Gasteiger partial charge on any atom is 0.335 e. The maximum absolute atomic E-state index is 10.9. The van der Waals surface area contributed by atoms with Crippen molar-refractivity contribution >= 4 is 27.6 Å². The molecule has 0 aliphatic rings. The first-order valence-corrected chi connectivity index (χ1v) is 7.15. The monoisotopic (exact) mass is 344 g/mol. The molecule has 0 atom stereocenters. The normalized spacial score (nSPS) is 9.90. The molecule has 0 saturated carbocycles. The van der Waals surface area contributed by atoms with Crippen LogP contribution in [0.4, 0.5) is 5.69 Å². The van der Waals surface area contributed by atoms with Gasteiger partial charge in [-0.2, -0.15) is 5.26 Å². The van der Waals surface area contributed by atoms with Crippen LogP contribution in [0.2, 0.25) is 0 Å². The van der Waals surface area contributed by atoms with E-state index in [0.29, 0.717) is 18.5 Å². The van der Waals surface area contributed by atoms with E-state index in [1.165, 1.54) is 0 Å². The lowest BCUT2D eigenvalue weighted by Gasteiger charge is -2.09. The average molecular weight is 345 g/mol. The van der Waals surface area contributed by atoms with E-state index in [9.17, 15) is 4.79 Å². The molecule has 2 aromatic carbocycles. The number of aromatic carboxylic acids is 1. The van der Waals surface area contributed by atoms with E-state index in [0.717, 1.165) is 15.7 Å². The molecule has 4 nitrogen and oxygen atoms in total. The third kappa shape index (κ3) is 4.07. The van der Waals surface area contributed by atoms with Crippen LogP contribution in [-0.2, 0) is 6.42 Å². The first-order valence-electron chi connectivity index (χ1n) is 6.36. The minimum absolute atomic E-state index is 0.286. The second-order valence-electron chi connectivity index (χ2n) is 4.48. The molecule has 0 aromatic heterocycles. The summed E-state index contributed by atoms with van der Waals surface area (Å²) in [5, 5.41) is 21.2. The quantitative estimate of drug-likeness (QED) is 0.867. The molecule has 0 aliphatic carbocycles. The van der Waals surface area contributed by atoms with E-state index < -0.39 is 5.97 Å². The van der Waals surface area contributed by atoms with Crippen LogP contribution in [-0.4, -0.2) is 17.6 Å². The molecule has 0 heterocycles. The number of nitrogens with one attached hydrogen (secondary N) is 1. The summed E-state index contributed by atoms with van der Waals surface area (Å²) in [5.41, 5.74) is 2.57. The Labute approximate surface area is 131 Å². The van der Waals surface area contributed by atoms with Gasteiger partial charge >= 0.3 is 5.97 Å². The van der Waals surface area contributed by atoms with Crippen LogP contribution in [0.15, 0.2) is 46.9 Å². The van der Waals surface area contributed by atoms with Gasteiger partial charge in [-0.15, -0.1) is 0 Å². The molecule has 0 bridgehead atoms. The van der Waals surface area contributed by atoms with Crippen molar-refractivity contribution < 1.29 is 9.90 Å². The summed E-state index contributed by atoms with van der Waals surface area (Å²) in [5.74, 6) is -0.926. The summed E-state index contributed by atoms with van der Waals surface area (Å²) in [7, 11) is 0. The summed E-state index contributed by atoms with van der Waals surface area (Å²) in [6.45, 7) is 0.624. The summed E-state index contributed by atoms with van der Waals surface area (Å²) in [6.07, 6.45) is 0.683. The zero-order chi connectivity index (χ0) is 15.2. The van der Waals surface area contributed by atoms with Gasteiger partial charge in [0.15, 0.2) is 0 Å². The van der Waals surface area contributed by atoms with Crippen molar-refractivity contribution in [3.05, 3.63) is 63.6 Å². The number of hydrogen-bond donors (Lipinski definition) is 2. The van der Waals surface area contributed by atoms with Crippen LogP contribution >= 0.6 is 15.9 Å². The number of carbonyl (C=O) groups is 1. The van der Waals surface area contributed by atoms with Crippen molar-refractivity contribution in [1.82, 2.24) is 0 Å². The highest BCUT2D eigenvalue weighted by atomic mass is 79.9. The van der Waals surface area contributed by atoms with Gasteiger partial charge < -0.3 is 10.4 Å². The van der Waals surface area contributed by atoms with E-state index >= 15 is 0 Å². The maximum atomic E-state index is 10.9. The van der Waals surface area contributed by atoms with Gasteiger partial charge in [-0.1, -0.05) is 28.1 Å². The van der Waals surface area contributed by atoms with Gasteiger partial charge in [0.25, 0.3) is 0 Å². The minimum atomic E-state index is -0.926. The molecule has 2 rings (SSSR count). The Morgan fingerprint density at radius 2 is 2.10 bits per heavy atom. The summed E-state index contributed by atoms with van der Waals surface area (Å²) >= 11 is 3.33. The van der Waals surface area contributed by atoms with Gasteiger partial charge in [-0.3, -0.25) is 0 Å². The van der Waals surface area contributed by atoms with Crippen molar-refractivity contribution in [3.8, 4) is 6.07 Å². The second-order valence-corrected chi connectivity index (χ2v) is 5.40. The Bertz CT molecular complexity index is 708. The predicted molar refractivity (Wildman–Crippen MR) is 84.5 cm³/mol. The third-order valence-electron chi connectivity index (χ3n) is 3.01. The largest absolute Gasteiger partial charge is 0.478 e. The number of nitrogens with zero attached hydrogens (tertiary/aromatic N) is 1. The molecule has 2 N–H and O–H groups in total. The van der Waals surface area contributed by atoms with Crippen molar-refractivity contribution in [1.29, 1.82) is 5.26 Å². The zero-order valence-electron chi connectivity index (χ0n) is 11.1. The Balaban J connectivity index is 2.00. The molecule has 0 unspecified atom stereocenters. The fourth-order valence-electron chi connectivity index (χ4n) is 1.96. The molecule has 0 amide bonds. The summed E-state index contributed by atoms with van der Waals surface area (Å²) in [6, 6.07) is 14.5. The number of carboxylic acids is 1. The molecule has 21 heavy (non-hydrogen) atoms. The van der Waals surface area contributed by atoms with Gasteiger partial charge in [-0.25, -0.2) is 4.79 Å². The first kappa shape index (κ1) is 15.1. The standard InChI is InChI=1S/C16H13BrN2O2/c17-14-4-5-15(13(9-14)10-18)19-7-6-11-2-1-3-12(8-11)16(20)21/h1-5,8-9,19H,6-7H2,(H,20,21). The van der Waals surface area contributed by atoms with Crippen molar-refractivity contribution in [3.63, 3.8) is 0 Å². The highest BCUT2D eigenvalue weighted by molar-refractivity contribution is 9.10.